The minimum Gasteiger partial charge on any atom is -0.459 e. The summed E-state index contributed by atoms with van der Waals surface area (Å²) < 4.78 is 5.15. The summed E-state index contributed by atoms with van der Waals surface area (Å²) in [6.45, 7) is 5.56. The van der Waals surface area contributed by atoms with Crippen molar-refractivity contribution in [2.24, 2.45) is 0 Å². The predicted molar refractivity (Wildman–Crippen MR) is 139 cm³/mol. The Morgan fingerprint density at radius 1 is 0.972 bits per heavy atom. The third kappa shape index (κ3) is 5.67. The van der Waals surface area contributed by atoms with Crippen LogP contribution in [0.4, 0.5) is 5.69 Å². The third-order valence-corrected chi connectivity index (χ3v) is 6.72. The Hall–Kier alpha value is -3.87. The molecule has 2 aromatic carbocycles. The van der Waals surface area contributed by atoms with Gasteiger partial charge >= 0.3 is 0 Å². The number of nitrogens with one attached hydrogen (secondary N) is 2. The van der Waals surface area contributed by atoms with Crippen LogP contribution in [0, 0.1) is 20.8 Å². The zero-order valence-corrected chi connectivity index (χ0v) is 21.0. The predicted octanol–water partition coefficient (Wildman–Crippen LogP) is 4.77. The summed E-state index contributed by atoms with van der Waals surface area (Å²) in [5, 5.41) is 5.84. The number of carbonyl (C=O) groups excluding carboxylic acids is 3. The molecule has 0 spiro atoms. The van der Waals surface area contributed by atoms with E-state index in [0.717, 1.165) is 47.9 Å². The lowest BCUT2D eigenvalue weighted by molar-refractivity contribution is -0.126. The number of aryl methyl sites for hydroxylation is 3. The van der Waals surface area contributed by atoms with Crippen molar-refractivity contribution in [1.82, 2.24) is 10.6 Å². The average molecular weight is 488 g/mol. The molecule has 0 saturated heterocycles. The van der Waals surface area contributed by atoms with E-state index in [1.165, 1.54) is 17.2 Å². The topological polar surface area (TPSA) is 91.7 Å². The van der Waals surface area contributed by atoms with Crippen LogP contribution in [0.25, 0.3) is 0 Å². The molecule has 1 aliphatic carbocycles. The normalized spacial score (nSPS) is 14.3. The van der Waals surface area contributed by atoms with Crippen molar-refractivity contribution < 1.29 is 18.8 Å². The van der Waals surface area contributed by atoms with Crippen LogP contribution in [0.1, 0.15) is 64.5 Å². The molecule has 7 heteroatoms. The molecule has 3 aromatic rings. The van der Waals surface area contributed by atoms with Crippen LogP contribution < -0.4 is 15.5 Å². The highest BCUT2D eigenvalue weighted by Gasteiger charge is 2.35. The fourth-order valence-corrected chi connectivity index (χ4v) is 4.87. The average Bonchev–Trinajstić information content (AvgIpc) is 3.57. The van der Waals surface area contributed by atoms with Crippen molar-refractivity contribution in [3.05, 3.63) is 88.9 Å². The molecule has 3 amide bonds. The molecule has 0 radical (unpaired) electrons. The third-order valence-electron chi connectivity index (χ3n) is 6.72. The molecule has 36 heavy (non-hydrogen) atoms. The van der Waals surface area contributed by atoms with E-state index in [9.17, 15) is 14.4 Å². The van der Waals surface area contributed by atoms with Crippen LogP contribution >= 0.6 is 0 Å². The first kappa shape index (κ1) is 25.2. The molecule has 188 valence electrons. The fraction of sp³-hybridized carbons (Fsp3) is 0.345. The van der Waals surface area contributed by atoms with Gasteiger partial charge in [-0.2, -0.15) is 0 Å². The standard InChI is InChI=1S/C29H33N3O4/c1-19-14-15-24(21(3)17-19)32(26(33)18-30-28(34)25-13-8-16-36-25)27(23-12-7-4-9-20(23)2)29(35)31-22-10-5-6-11-22/h4,7-9,12-17,22,27H,5-6,10-11,18H2,1-3H3,(H,30,34)(H,31,35)/t27-/m1/s1. The highest BCUT2D eigenvalue weighted by molar-refractivity contribution is 6.04. The van der Waals surface area contributed by atoms with Gasteiger partial charge in [-0.15, -0.1) is 0 Å². The Bertz CT molecular complexity index is 1230. The Morgan fingerprint density at radius 3 is 2.39 bits per heavy atom. The van der Waals surface area contributed by atoms with E-state index >= 15 is 0 Å². The van der Waals surface area contributed by atoms with Crippen LogP contribution in [0.2, 0.25) is 0 Å². The van der Waals surface area contributed by atoms with Crippen molar-refractivity contribution in [2.45, 2.75) is 58.5 Å². The molecule has 2 N–H and O–H groups in total. The zero-order chi connectivity index (χ0) is 25.7. The van der Waals surface area contributed by atoms with Gasteiger partial charge in [-0.05, 0) is 68.5 Å². The molecule has 1 atom stereocenters. The lowest BCUT2D eigenvalue weighted by atomic mass is 9.96. The Morgan fingerprint density at radius 2 is 1.72 bits per heavy atom. The molecule has 0 aliphatic heterocycles. The van der Waals surface area contributed by atoms with Gasteiger partial charge in [0.25, 0.3) is 5.91 Å². The van der Waals surface area contributed by atoms with Gasteiger partial charge in [0.15, 0.2) is 5.76 Å². The van der Waals surface area contributed by atoms with Crippen molar-refractivity contribution in [1.29, 1.82) is 0 Å². The molecule has 4 rings (SSSR count). The molecule has 1 aromatic heterocycles. The molecular weight excluding hydrogens is 454 g/mol. The first-order valence-corrected chi connectivity index (χ1v) is 12.4. The number of furan rings is 1. The van der Waals surface area contributed by atoms with Crippen LogP contribution in [0.3, 0.4) is 0 Å². The first-order valence-electron chi connectivity index (χ1n) is 12.4. The van der Waals surface area contributed by atoms with E-state index in [0.29, 0.717) is 5.69 Å². The Balaban J connectivity index is 1.73. The maximum Gasteiger partial charge on any atom is 0.287 e. The van der Waals surface area contributed by atoms with E-state index < -0.39 is 17.9 Å². The summed E-state index contributed by atoms with van der Waals surface area (Å²) in [5.41, 5.74) is 4.21. The lowest BCUT2D eigenvalue weighted by Crippen LogP contribution is -2.49. The minimum absolute atomic E-state index is 0.0961. The van der Waals surface area contributed by atoms with E-state index in [4.69, 9.17) is 4.42 Å². The molecule has 7 nitrogen and oxygen atoms in total. The van der Waals surface area contributed by atoms with Gasteiger partial charge in [-0.3, -0.25) is 19.3 Å². The SMILES string of the molecule is Cc1ccc(N(C(=O)CNC(=O)c2ccco2)[C@@H](C(=O)NC2CCCC2)c2ccccc2C)c(C)c1. The van der Waals surface area contributed by atoms with Gasteiger partial charge < -0.3 is 15.1 Å². The number of rotatable bonds is 8. The van der Waals surface area contributed by atoms with E-state index in [1.807, 2.05) is 63.2 Å². The van der Waals surface area contributed by atoms with Gasteiger partial charge in [0, 0.05) is 11.7 Å². The van der Waals surface area contributed by atoms with Gasteiger partial charge in [0.2, 0.25) is 11.8 Å². The Labute approximate surface area is 211 Å². The summed E-state index contributed by atoms with van der Waals surface area (Å²) in [7, 11) is 0. The van der Waals surface area contributed by atoms with Crippen molar-refractivity contribution in [3.63, 3.8) is 0 Å². The molecule has 1 aliphatic rings. The van der Waals surface area contributed by atoms with Crippen LogP contribution in [-0.2, 0) is 9.59 Å². The number of carbonyl (C=O) groups is 3. The highest BCUT2D eigenvalue weighted by atomic mass is 16.3. The Kier molecular flexibility index (Phi) is 7.88. The molecule has 1 saturated carbocycles. The van der Waals surface area contributed by atoms with Crippen LogP contribution in [-0.4, -0.2) is 30.3 Å². The van der Waals surface area contributed by atoms with E-state index in [1.54, 1.807) is 6.07 Å². The van der Waals surface area contributed by atoms with Crippen LogP contribution in [0.15, 0.2) is 65.3 Å². The monoisotopic (exact) mass is 487 g/mol. The van der Waals surface area contributed by atoms with E-state index in [-0.39, 0.29) is 24.3 Å². The fourth-order valence-electron chi connectivity index (χ4n) is 4.87. The zero-order valence-electron chi connectivity index (χ0n) is 21.0. The number of amides is 3. The van der Waals surface area contributed by atoms with E-state index in [2.05, 4.69) is 10.6 Å². The summed E-state index contributed by atoms with van der Waals surface area (Å²) in [4.78, 5) is 41.7. The lowest BCUT2D eigenvalue weighted by Gasteiger charge is -2.34. The highest BCUT2D eigenvalue weighted by Crippen LogP contribution is 2.33. The molecule has 1 heterocycles. The second-order valence-electron chi connectivity index (χ2n) is 9.46. The summed E-state index contributed by atoms with van der Waals surface area (Å²) in [6, 6.07) is 15.7. The van der Waals surface area contributed by atoms with Crippen LogP contribution in [0.5, 0.6) is 0 Å². The van der Waals surface area contributed by atoms with Crippen molar-refractivity contribution in [3.8, 4) is 0 Å². The van der Waals surface area contributed by atoms with Gasteiger partial charge in [0.1, 0.15) is 6.04 Å². The number of nitrogens with zero attached hydrogens (tertiary/aromatic N) is 1. The second kappa shape index (κ2) is 11.2. The number of anilines is 1. The minimum atomic E-state index is -0.888. The maximum absolute atomic E-state index is 13.9. The molecule has 0 unspecified atom stereocenters. The number of benzene rings is 2. The quantitative estimate of drug-likeness (QED) is 0.479. The van der Waals surface area contributed by atoms with Crippen molar-refractivity contribution >= 4 is 23.4 Å². The number of hydrogen-bond donors (Lipinski definition) is 2. The van der Waals surface area contributed by atoms with Gasteiger partial charge in [-0.25, -0.2) is 0 Å². The van der Waals surface area contributed by atoms with Gasteiger partial charge in [-0.1, -0.05) is 54.8 Å². The number of hydrogen-bond acceptors (Lipinski definition) is 4. The molecule has 0 bridgehead atoms. The largest absolute Gasteiger partial charge is 0.459 e. The summed E-state index contributed by atoms with van der Waals surface area (Å²) >= 11 is 0. The summed E-state index contributed by atoms with van der Waals surface area (Å²) in [5.74, 6) is -0.981. The first-order chi connectivity index (χ1) is 17.3. The molecule has 1 fully saturated rings. The summed E-state index contributed by atoms with van der Waals surface area (Å²) in [6.07, 6.45) is 5.43. The maximum atomic E-state index is 13.9. The smallest absolute Gasteiger partial charge is 0.287 e. The second-order valence-corrected chi connectivity index (χ2v) is 9.46. The van der Waals surface area contributed by atoms with Crippen molar-refractivity contribution in [2.75, 3.05) is 11.4 Å². The van der Waals surface area contributed by atoms with Gasteiger partial charge in [0.05, 0.1) is 12.8 Å². The molecular formula is C29H33N3O4.